The van der Waals surface area contributed by atoms with Gasteiger partial charge in [-0.05, 0) is 36.1 Å². The van der Waals surface area contributed by atoms with Crippen molar-refractivity contribution in [2.75, 3.05) is 31.6 Å². The molecule has 1 unspecified atom stereocenters. The summed E-state index contributed by atoms with van der Waals surface area (Å²) in [6.07, 6.45) is 3.82. The van der Waals surface area contributed by atoms with Crippen molar-refractivity contribution < 1.29 is 4.74 Å². The number of nitrogens with one attached hydrogen (secondary N) is 2. The summed E-state index contributed by atoms with van der Waals surface area (Å²) in [5, 5.41) is 7.65. The topological polar surface area (TPSA) is 61.8 Å². The average Bonchev–Trinajstić information content (AvgIpc) is 3.20. The zero-order valence-electron chi connectivity index (χ0n) is 17.2. The average molecular weight is 416 g/mol. The molecule has 6 nitrogen and oxygen atoms in total. The Bertz CT molecular complexity index is 813. The molecule has 156 valence electrons. The Labute approximate surface area is 178 Å². The van der Waals surface area contributed by atoms with E-state index < -0.39 is 0 Å². The van der Waals surface area contributed by atoms with E-state index in [0.29, 0.717) is 24.2 Å². The number of ether oxygens (including phenoxy) is 1. The maximum Gasteiger partial charge on any atom is 0.191 e. The summed E-state index contributed by atoms with van der Waals surface area (Å²) in [5.74, 6) is 1.65. The predicted octanol–water partition coefficient (Wildman–Crippen LogP) is 3.61. The second-order valence-corrected chi connectivity index (χ2v) is 7.54. The molecule has 0 radical (unpaired) electrons. The largest absolute Gasteiger partial charge is 0.377 e. The smallest absolute Gasteiger partial charge is 0.191 e. The first-order valence-electron chi connectivity index (χ1n) is 10.2. The number of aromatic nitrogens is 1. The normalized spacial score (nSPS) is 16.9. The van der Waals surface area contributed by atoms with E-state index in [-0.39, 0.29) is 0 Å². The maximum absolute atomic E-state index is 6.29. The quantitative estimate of drug-likeness (QED) is 0.392. The van der Waals surface area contributed by atoms with Crippen LogP contribution in [0.1, 0.15) is 30.9 Å². The molecule has 2 aromatic rings. The van der Waals surface area contributed by atoms with Crippen LogP contribution in [0.2, 0.25) is 5.02 Å². The molecule has 29 heavy (non-hydrogen) atoms. The van der Waals surface area contributed by atoms with Gasteiger partial charge in [0.15, 0.2) is 5.96 Å². The molecule has 1 atom stereocenters. The van der Waals surface area contributed by atoms with E-state index in [0.717, 1.165) is 44.3 Å². The first-order chi connectivity index (χ1) is 14.2. The summed E-state index contributed by atoms with van der Waals surface area (Å²) in [6, 6.07) is 12.4. The second-order valence-electron chi connectivity index (χ2n) is 7.13. The Hall–Kier alpha value is -2.31. The third-order valence-electron chi connectivity index (χ3n) is 4.96. The Morgan fingerprint density at radius 3 is 2.86 bits per heavy atom. The van der Waals surface area contributed by atoms with Crippen LogP contribution in [0.3, 0.4) is 0 Å². The lowest BCUT2D eigenvalue weighted by Crippen LogP contribution is -2.44. The minimum atomic E-state index is 0.294. The van der Waals surface area contributed by atoms with Crippen molar-refractivity contribution in [1.82, 2.24) is 15.6 Å². The van der Waals surface area contributed by atoms with E-state index in [2.05, 4.69) is 56.7 Å². The number of aliphatic imine (C=N–C) groups is 1. The number of pyridine rings is 1. The highest BCUT2D eigenvalue weighted by Crippen LogP contribution is 2.25. The molecule has 0 saturated carbocycles. The summed E-state index contributed by atoms with van der Waals surface area (Å²) in [7, 11) is 1.80. The Balaban J connectivity index is 1.52. The van der Waals surface area contributed by atoms with Gasteiger partial charge in [-0.15, -0.1) is 0 Å². The molecule has 1 aromatic heterocycles. The van der Waals surface area contributed by atoms with Gasteiger partial charge < -0.3 is 20.3 Å². The first-order valence-corrected chi connectivity index (χ1v) is 10.6. The van der Waals surface area contributed by atoms with Crippen molar-refractivity contribution in [1.29, 1.82) is 0 Å². The number of benzene rings is 1. The number of rotatable bonds is 8. The molecule has 0 amide bonds. The van der Waals surface area contributed by atoms with Gasteiger partial charge in [-0.2, -0.15) is 0 Å². The standard InChI is InChI=1S/C22H30ClN5O/c1-3-13-29-16-18-8-5-4-7-17(18)14-26-22(24-2)27-19-10-12-28(15-19)21-20(23)9-6-11-25-21/h4-9,11,19H,3,10,12-16H2,1-2H3,(H2,24,26,27). The van der Waals surface area contributed by atoms with E-state index in [1.165, 1.54) is 11.1 Å². The molecule has 1 fully saturated rings. The van der Waals surface area contributed by atoms with Crippen LogP contribution in [-0.4, -0.2) is 43.7 Å². The summed E-state index contributed by atoms with van der Waals surface area (Å²) in [5.41, 5.74) is 2.43. The van der Waals surface area contributed by atoms with E-state index >= 15 is 0 Å². The minimum Gasteiger partial charge on any atom is -0.377 e. The van der Waals surface area contributed by atoms with Crippen molar-refractivity contribution in [2.24, 2.45) is 4.99 Å². The molecule has 1 aliphatic heterocycles. The Morgan fingerprint density at radius 1 is 1.28 bits per heavy atom. The highest BCUT2D eigenvalue weighted by atomic mass is 35.5. The van der Waals surface area contributed by atoms with Crippen molar-refractivity contribution in [3.63, 3.8) is 0 Å². The molecule has 1 aromatic carbocycles. The molecular formula is C22H30ClN5O. The van der Waals surface area contributed by atoms with E-state index in [1.54, 1.807) is 13.2 Å². The molecule has 1 saturated heterocycles. The van der Waals surface area contributed by atoms with Crippen LogP contribution in [0.5, 0.6) is 0 Å². The van der Waals surface area contributed by atoms with Gasteiger partial charge >= 0.3 is 0 Å². The van der Waals surface area contributed by atoms with Crippen molar-refractivity contribution in [3.8, 4) is 0 Å². The molecule has 0 aliphatic carbocycles. The van der Waals surface area contributed by atoms with Crippen LogP contribution in [0.25, 0.3) is 0 Å². The van der Waals surface area contributed by atoms with E-state index in [1.807, 2.05) is 12.1 Å². The minimum absolute atomic E-state index is 0.294. The number of hydrogen-bond acceptors (Lipinski definition) is 4. The lowest BCUT2D eigenvalue weighted by molar-refractivity contribution is 0.121. The van der Waals surface area contributed by atoms with Crippen molar-refractivity contribution >= 4 is 23.4 Å². The van der Waals surface area contributed by atoms with Crippen LogP contribution in [0.15, 0.2) is 47.6 Å². The third-order valence-corrected chi connectivity index (χ3v) is 5.26. The number of anilines is 1. The first kappa shape index (κ1) is 21.4. The van der Waals surface area contributed by atoms with Gasteiger partial charge in [-0.25, -0.2) is 4.98 Å². The molecule has 1 aliphatic rings. The Morgan fingerprint density at radius 2 is 2.10 bits per heavy atom. The van der Waals surface area contributed by atoms with Gasteiger partial charge in [0, 0.05) is 45.5 Å². The predicted molar refractivity (Wildman–Crippen MR) is 120 cm³/mol. The van der Waals surface area contributed by atoms with Gasteiger partial charge in [0.2, 0.25) is 0 Å². The van der Waals surface area contributed by atoms with Gasteiger partial charge in [0.05, 0.1) is 11.6 Å². The zero-order valence-corrected chi connectivity index (χ0v) is 18.0. The van der Waals surface area contributed by atoms with Crippen molar-refractivity contribution in [3.05, 3.63) is 58.7 Å². The van der Waals surface area contributed by atoms with Crippen LogP contribution in [-0.2, 0) is 17.9 Å². The van der Waals surface area contributed by atoms with Gasteiger partial charge in [-0.1, -0.05) is 42.8 Å². The summed E-state index contributed by atoms with van der Waals surface area (Å²) in [6.45, 7) is 6.01. The molecular weight excluding hydrogens is 386 g/mol. The lowest BCUT2D eigenvalue weighted by Gasteiger charge is -2.20. The SMILES string of the molecule is CCCOCc1ccccc1CNC(=NC)NC1CCN(c2ncccc2Cl)C1. The molecule has 0 spiro atoms. The second kappa shape index (κ2) is 11.0. The molecule has 2 heterocycles. The van der Waals surface area contributed by atoms with E-state index in [4.69, 9.17) is 16.3 Å². The summed E-state index contributed by atoms with van der Waals surface area (Å²) < 4.78 is 5.72. The molecule has 0 bridgehead atoms. The fraction of sp³-hybridized carbons (Fsp3) is 0.455. The van der Waals surface area contributed by atoms with E-state index in [9.17, 15) is 0 Å². The number of guanidine groups is 1. The maximum atomic E-state index is 6.29. The van der Waals surface area contributed by atoms with Gasteiger partial charge in [-0.3, -0.25) is 4.99 Å². The highest BCUT2D eigenvalue weighted by molar-refractivity contribution is 6.32. The lowest BCUT2D eigenvalue weighted by atomic mass is 10.1. The Kier molecular flexibility index (Phi) is 8.14. The van der Waals surface area contributed by atoms with Crippen molar-refractivity contribution in [2.45, 2.75) is 39.0 Å². The number of nitrogens with zero attached hydrogens (tertiary/aromatic N) is 3. The van der Waals surface area contributed by atoms with Crippen LogP contribution in [0.4, 0.5) is 5.82 Å². The fourth-order valence-electron chi connectivity index (χ4n) is 3.44. The van der Waals surface area contributed by atoms with Gasteiger partial charge in [0.25, 0.3) is 0 Å². The molecule has 7 heteroatoms. The fourth-order valence-corrected chi connectivity index (χ4v) is 3.69. The summed E-state index contributed by atoms with van der Waals surface area (Å²) in [4.78, 5) is 11.0. The highest BCUT2D eigenvalue weighted by Gasteiger charge is 2.25. The number of hydrogen-bond donors (Lipinski definition) is 2. The van der Waals surface area contributed by atoms with Crippen LogP contribution in [0, 0.1) is 0 Å². The zero-order chi connectivity index (χ0) is 20.5. The molecule has 3 rings (SSSR count). The van der Waals surface area contributed by atoms with Crippen LogP contribution >= 0.6 is 11.6 Å². The monoisotopic (exact) mass is 415 g/mol. The third kappa shape index (κ3) is 6.08. The summed E-state index contributed by atoms with van der Waals surface area (Å²) >= 11 is 6.29. The van der Waals surface area contributed by atoms with Crippen LogP contribution < -0.4 is 15.5 Å². The van der Waals surface area contributed by atoms with Gasteiger partial charge in [0.1, 0.15) is 5.82 Å². The number of halogens is 1. The molecule has 2 N–H and O–H groups in total.